The molecule has 0 atom stereocenters. The van der Waals surface area contributed by atoms with Gasteiger partial charge in [0.15, 0.2) is 0 Å². The van der Waals surface area contributed by atoms with Gasteiger partial charge in [-0.15, -0.1) is 0 Å². The van der Waals surface area contributed by atoms with Crippen LogP contribution in [0.3, 0.4) is 0 Å². The number of amides is 1. The van der Waals surface area contributed by atoms with Gasteiger partial charge in [-0.3, -0.25) is 4.79 Å². The first-order valence-electron chi connectivity index (χ1n) is 8.85. The number of nitrogens with one attached hydrogen (secondary N) is 1. The molecule has 0 aliphatic carbocycles. The molecule has 0 aliphatic heterocycles. The molecule has 5 nitrogen and oxygen atoms in total. The Morgan fingerprint density at radius 2 is 1.82 bits per heavy atom. The zero-order valence-corrected chi connectivity index (χ0v) is 15.8. The number of aromatic nitrogens is 2. The van der Waals surface area contributed by atoms with E-state index in [2.05, 4.69) is 10.4 Å². The van der Waals surface area contributed by atoms with Crippen LogP contribution in [-0.4, -0.2) is 15.7 Å². The van der Waals surface area contributed by atoms with Gasteiger partial charge >= 0.3 is 0 Å². The summed E-state index contributed by atoms with van der Waals surface area (Å²) < 4.78 is 1.65. The molecule has 1 aromatic heterocycles. The minimum atomic E-state index is -0.478. The molecule has 0 saturated heterocycles. The van der Waals surface area contributed by atoms with Crippen LogP contribution in [0.25, 0.3) is 11.8 Å². The van der Waals surface area contributed by atoms with E-state index in [1.54, 1.807) is 16.8 Å². The number of anilines is 1. The van der Waals surface area contributed by atoms with E-state index in [1.807, 2.05) is 80.6 Å². The van der Waals surface area contributed by atoms with Crippen molar-refractivity contribution in [2.75, 3.05) is 5.32 Å². The van der Waals surface area contributed by atoms with Crippen LogP contribution < -0.4 is 5.32 Å². The highest BCUT2D eigenvalue weighted by Crippen LogP contribution is 2.18. The van der Waals surface area contributed by atoms with Crippen molar-refractivity contribution in [3.63, 3.8) is 0 Å². The lowest BCUT2D eigenvalue weighted by atomic mass is 10.2. The fourth-order valence-corrected chi connectivity index (χ4v) is 2.64. The second-order valence-electron chi connectivity index (χ2n) is 6.33. The molecule has 5 heteroatoms. The molecular weight excluding hydrogens is 348 g/mol. The van der Waals surface area contributed by atoms with E-state index in [4.69, 9.17) is 0 Å². The van der Waals surface area contributed by atoms with Crippen LogP contribution in [0.2, 0.25) is 0 Å². The number of benzene rings is 2. The molecule has 2 aromatic carbocycles. The first-order chi connectivity index (χ1) is 13.6. The van der Waals surface area contributed by atoms with Crippen molar-refractivity contribution in [3.8, 4) is 11.8 Å². The van der Waals surface area contributed by atoms with Crippen molar-refractivity contribution in [2.24, 2.45) is 0 Å². The predicted molar refractivity (Wildman–Crippen MR) is 111 cm³/mol. The lowest BCUT2D eigenvalue weighted by Crippen LogP contribution is -2.16. The Morgan fingerprint density at radius 1 is 1.11 bits per heavy atom. The Labute approximate surface area is 164 Å². The van der Waals surface area contributed by atoms with Crippen LogP contribution in [0.4, 0.5) is 5.82 Å². The van der Waals surface area contributed by atoms with Crippen LogP contribution in [0.15, 0.2) is 78.4 Å². The molecule has 0 bridgehead atoms. The molecule has 0 radical (unpaired) electrons. The third-order valence-electron chi connectivity index (χ3n) is 4.07. The maximum absolute atomic E-state index is 12.6. The number of aryl methyl sites for hydroxylation is 2. The SMILES string of the molecule is Cc1ccc(-n2nc(C)cc2NC(=O)/C(C#N)=C/C=C/c2ccccc2)cc1. The topological polar surface area (TPSA) is 70.7 Å². The Morgan fingerprint density at radius 3 is 2.50 bits per heavy atom. The quantitative estimate of drug-likeness (QED) is 0.407. The lowest BCUT2D eigenvalue weighted by Gasteiger charge is -2.08. The van der Waals surface area contributed by atoms with Crippen LogP contribution in [0, 0.1) is 25.2 Å². The summed E-state index contributed by atoms with van der Waals surface area (Å²) in [7, 11) is 0. The second kappa shape index (κ2) is 8.65. The Balaban J connectivity index is 1.80. The van der Waals surface area contributed by atoms with E-state index in [1.165, 1.54) is 6.08 Å². The Bertz CT molecular complexity index is 1070. The summed E-state index contributed by atoms with van der Waals surface area (Å²) in [6, 6.07) is 21.2. The maximum atomic E-state index is 12.6. The Hall–Kier alpha value is -3.91. The van der Waals surface area contributed by atoms with E-state index in [-0.39, 0.29) is 5.57 Å². The minimum absolute atomic E-state index is 0.0153. The van der Waals surface area contributed by atoms with Gasteiger partial charge in [0, 0.05) is 6.07 Å². The van der Waals surface area contributed by atoms with Gasteiger partial charge in [-0.1, -0.05) is 60.2 Å². The zero-order chi connectivity index (χ0) is 19.9. The summed E-state index contributed by atoms with van der Waals surface area (Å²) in [6.45, 7) is 3.86. The van der Waals surface area contributed by atoms with Crippen LogP contribution in [-0.2, 0) is 4.79 Å². The summed E-state index contributed by atoms with van der Waals surface area (Å²) in [5, 5.41) is 16.6. The number of hydrogen-bond acceptors (Lipinski definition) is 3. The summed E-state index contributed by atoms with van der Waals surface area (Å²) in [4.78, 5) is 12.6. The maximum Gasteiger partial charge on any atom is 0.267 e. The highest BCUT2D eigenvalue weighted by molar-refractivity contribution is 6.06. The number of nitriles is 1. The van der Waals surface area contributed by atoms with Crippen LogP contribution in [0.5, 0.6) is 0 Å². The molecule has 28 heavy (non-hydrogen) atoms. The van der Waals surface area contributed by atoms with Crippen molar-refractivity contribution in [2.45, 2.75) is 13.8 Å². The smallest absolute Gasteiger partial charge is 0.267 e. The second-order valence-corrected chi connectivity index (χ2v) is 6.33. The highest BCUT2D eigenvalue weighted by atomic mass is 16.1. The summed E-state index contributed by atoms with van der Waals surface area (Å²) in [6.07, 6.45) is 5.03. The van der Waals surface area contributed by atoms with E-state index in [0.717, 1.165) is 22.5 Å². The Kier molecular flexibility index (Phi) is 5.83. The largest absolute Gasteiger partial charge is 0.306 e. The number of nitrogens with zero attached hydrogens (tertiary/aromatic N) is 3. The molecule has 1 N–H and O–H groups in total. The normalized spacial score (nSPS) is 11.4. The van der Waals surface area contributed by atoms with Gasteiger partial charge in [0.05, 0.1) is 11.4 Å². The fourth-order valence-electron chi connectivity index (χ4n) is 2.64. The average Bonchev–Trinajstić information content (AvgIpc) is 3.06. The van der Waals surface area contributed by atoms with E-state index >= 15 is 0 Å². The van der Waals surface area contributed by atoms with Gasteiger partial charge in [-0.05, 0) is 37.6 Å². The molecule has 0 fully saturated rings. The van der Waals surface area contributed by atoms with E-state index in [9.17, 15) is 10.1 Å². The van der Waals surface area contributed by atoms with Crippen molar-refractivity contribution >= 4 is 17.8 Å². The summed E-state index contributed by atoms with van der Waals surface area (Å²) in [5.41, 5.74) is 3.74. The standard InChI is InChI=1S/C23H20N4O/c1-17-11-13-21(14-12-17)27-22(15-18(2)26-27)25-23(28)20(16-24)10-6-9-19-7-4-3-5-8-19/h3-15H,1-2H3,(H,25,28)/b9-6+,20-10+. The van der Waals surface area contributed by atoms with Gasteiger partial charge in [0.25, 0.3) is 5.91 Å². The molecule has 0 saturated carbocycles. The summed E-state index contributed by atoms with van der Waals surface area (Å²) >= 11 is 0. The first-order valence-corrected chi connectivity index (χ1v) is 8.85. The number of carbonyl (C=O) groups is 1. The summed E-state index contributed by atoms with van der Waals surface area (Å²) in [5.74, 6) is 0.0352. The number of carbonyl (C=O) groups excluding carboxylic acids is 1. The minimum Gasteiger partial charge on any atom is -0.306 e. The molecule has 0 unspecified atom stereocenters. The van der Waals surface area contributed by atoms with Gasteiger partial charge in [0.1, 0.15) is 17.5 Å². The molecular formula is C23H20N4O. The van der Waals surface area contributed by atoms with Crippen molar-refractivity contribution < 1.29 is 4.79 Å². The van der Waals surface area contributed by atoms with Crippen LogP contribution in [0.1, 0.15) is 16.8 Å². The molecule has 1 heterocycles. The first kappa shape index (κ1) is 18.9. The van der Waals surface area contributed by atoms with Gasteiger partial charge in [-0.2, -0.15) is 10.4 Å². The predicted octanol–water partition coefficient (Wildman–Crippen LogP) is 4.59. The van der Waals surface area contributed by atoms with Crippen molar-refractivity contribution in [1.29, 1.82) is 5.26 Å². The van der Waals surface area contributed by atoms with Crippen molar-refractivity contribution in [1.82, 2.24) is 9.78 Å². The molecule has 0 aliphatic rings. The molecule has 3 rings (SSSR count). The fraction of sp³-hybridized carbons (Fsp3) is 0.0870. The van der Waals surface area contributed by atoms with E-state index < -0.39 is 5.91 Å². The highest BCUT2D eigenvalue weighted by Gasteiger charge is 2.14. The van der Waals surface area contributed by atoms with Gasteiger partial charge < -0.3 is 5.32 Å². The monoisotopic (exact) mass is 368 g/mol. The van der Waals surface area contributed by atoms with Gasteiger partial charge in [-0.25, -0.2) is 4.68 Å². The zero-order valence-electron chi connectivity index (χ0n) is 15.8. The number of rotatable bonds is 5. The van der Waals surface area contributed by atoms with Crippen LogP contribution >= 0.6 is 0 Å². The average molecular weight is 368 g/mol. The molecule has 138 valence electrons. The van der Waals surface area contributed by atoms with Gasteiger partial charge in [0.2, 0.25) is 0 Å². The number of allylic oxidation sites excluding steroid dienone is 2. The molecule has 3 aromatic rings. The molecule has 1 amide bonds. The third-order valence-corrected chi connectivity index (χ3v) is 4.07. The lowest BCUT2D eigenvalue weighted by molar-refractivity contribution is -0.112. The molecule has 0 spiro atoms. The third kappa shape index (κ3) is 4.63. The van der Waals surface area contributed by atoms with Crippen molar-refractivity contribution in [3.05, 3.63) is 95.2 Å². The number of hydrogen-bond donors (Lipinski definition) is 1. The van der Waals surface area contributed by atoms with E-state index in [0.29, 0.717) is 5.82 Å².